The summed E-state index contributed by atoms with van der Waals surface area (Å²) in [6.45, 7) is 0.0387. The van der Waals surface area contributed by atoms with Crippen LogP contribution in [0.4, 0.5) is 10.9 Å². The molecule has 1 aromatic rings. The van der Waals surface area contributed by atoms with Crippen molar-refractivity contribution in [1.82, 2.24) is 10.3 Å². The van der Waals surface area contributed by atoms with Crippen molar-refractivity contribution in [1.29, 1.82) is 0 Å². The third kappa shape index (κ3) is 3.55. The number of anilines is 2. The lowest BCUT2D eigenvalue weighted by molar-refractivity contribution is 0.0844. The lowest BCUT2D eigenvalue weighted by Crippen LogP contribution is -2.40. The molecular formula is C9H16N4O3S. The van der Waals surface area contributed by atoms with Gasteiger partial charge in [0.25, 0.3) is 5.91 Å². The SMILES string of the molecule is CNc1nc(N)c(C(=O)NC(CO)COC)s1. The maximum absolute atomic E-state index is 11.8. The molecule has 1 heterocycles. The Bertz CT molecular complexity index is 382. The fourth-order valence-electron chi connectivity index (χ4n) is 1.19. The van der Waals surface area contributed by atoms with E-state index >= 15 is 0 Å². The Hall–Kier alpha value is -1.38. The predicted octanol–water partition coefficient (Wildman–Crippen LogP) is -0.496. The molecule has 0 saturated heterocycles. The van der Waals surface area contributed by atoms with E-state index < -0.39 is 6.04 Å². The van der Waals surface area contributed by atoms with Crippen molar-refractivity contribution in [2.24, 2.45) is 0 Å². The second-order valence-electron chi connectivity index (χ2n) is 3.29. The Labute approximate surface area is 103 Å². The average Bonchev–Trinajstić information content (AvgIpc) is 2.70. The minimum Gasteiger partial charge on any atom is -0.394 e. The summed E-state index contributed by atoms with van der Waals surface area (Å²) in [5.41, 5.74) is 5.61. The van der Waals surface area contributed by atoms with Crippen molar-refractivity contribution in [2.45, 2.75) is 6.04 Å². The number of rotatable bonds is 6. The van der Waals surface area contributed by atoms with E-state index in [4.69, 9.17) is 15.6 Å². The van der Waals surface area contributed by atoms with E-state index in [2.05, 4.69) is 15.6 Å². The first kappa shape index (κ1) is 13.7. The number of ether oxygens (including phenoxy) is 1. The third-order valence-corrected chi connectivity index (χ3v) is 3.08. The van der Waals surface area contributed by atoms with Gasteiger partial charge in [0, 0.05) is 14.2 Å². The van der Waals surface area contributed by atoms with Gasteiger partial charge < -0.3 is 26.2 Å². The van der Waals surface area contributed by atoms with E-state index in [-0.39, 0.29) is 24.9 Å². The number of thiazole rings is 1. The molecule has 1 unspecified atom stereocenters. The summed E-state index contributed by atoms with van der Waals surface area (Å²) >= 11 is 1.16. The van der Waals surface area contributed by atoms with Crippen LogP contribution >= 0.6 is 11.3 Å². The molecule has 0 fully saturated rings. The van der Waals surface area contributed by atoms with Gasteiger partial charge in [-0.15, -0.1) is 0 Å². The normalized spacial score (nSPS) is 12.2. The molecule has 1 aromatic heterocycles. The molecule has 1 atom stereocenters. The van der Waals surface area contributed by atoms with E-state index in [1.54, 1.807) is 7.05 Å². The standard InChI is InChI=1S/C9H16N4O3S/c1-11-9-13-7(10)6(17-9)8(15)12-5(3-14)4-16-2/h5,14H,3-4,10H2,1-2H3,(H,11,13)(H,12,15). The topological polar surface area (TPSA) is 110 Å². The number of hydrogen-bond donors (Lipinski definition) is 4. The number of hydrogen-bond acceptors (Lipinski definition) is 7. The van der Waals surface area contributed by atoms with Gasteiger partial charge in [0.1, 0.15) is 10.7 Å². The largest absolute Gasteiger partial charge is 0.394 e. The number of nitrogens with zero attached hydrogens (tertiary/aromatic N) is 1. The zero-order valence-corrected chi connectivity index (χ0v) is 10.5. The van der Waals surface area contributed by atoms with Crippen LogP contribution in [-0.4, -0.2) is 49.4 Å². The molecule has 96 valence electrons. The van der Waals surface area contributed by atoms with Crippen LogP contribution in [0, 0.1) is 0 Å². The summed E-state index contributed by atoms with van der Waals surface area (Å²) in [4.78, 5) is 16.1. The number of aliphatic hydroxyl groups is 1. The van der Waals surface area contributed by atoms with Crippen molar-refractivity contribution >= 4 is 28.2 Å². The van der Waals surface area contributed by atoms with Crippen molar-refractivity contribution in [2.75, 3.05) is 38.4 Å². The van der Waals surface area contributed by atoms with Crippen molar-refractivity contribution in [3.63, 3.8) is 0 Å². The summed E-state index contributed by atoms with van der Waals surface area (Å²) in [6.07, 6.45) is 0. The predicted molar refractivity (Wildman–Crippen MR) is 66.3 cm³/mol. The van der Waals surface area contributed by atoms with Gasteiger partial charge in [-0.3, -0.25) is 4.79 Å². The van der Waals surface area contributed by atoms with Crippen LogP contribution in [0.1, 0.15) is 9.67 Å². The molecule has 1 amide bonds. The Morgan fingerprint density at radius 3 is 2.88 bits per heavy atom. The lowest BCUT2D eigenvalue weighted by atomic mass is 10.3. The second kappa shape index (κ2) is 6.38. The van der Waals surface area contributed by atoms with E-state index in [0.29, 0.717) is 10.0 Å². The highest BCUT2D eigenvalue weighted by molar-refractivity contribution is 7.18. The Kier molecular flexibility index (Phi) is 5.13. The zero-order valence-electron chi connectivity index (χ0n) is 9.69. The smallest absolute Gasteiger partial charge is 0.265 e. The molecule has 0 radical (unpaired) electrons. The fourth-order valence-corrected chi connectivity index (χ4v) is 1.93. The van der Waals surface area contributed by atoms with Gasteiger partial charge in [0.05, 0.1) is 19.3 Å². The molecule has 0 aliphatic heterocycles. The highest BCUT2D eigenvalue weighted by Gasteiger charge is 2.18. The van der Waals surface area contributed by atoms with Crippen molar-refractivity contribution in [3.05, 3.63) is 4.88 Å². The number of carbonyl (C=O) groups is 1. The van der Waals surface area contributed by atoms with Gasteiger partial charge in [-0.05, 0) is 0 Å². The van der Waals surface area contributed by atoms with Gasteiger partial charge in [-0.2, -0.15) is 0 Å². The molecule has 0 saturated carbocycles. The summed E-state index contributed by atoms with van der Waals surface area (Å²) < 4.78 is 4.86. The van der Waals surface area contributed by atoms with Gasteiger partial charge >= 0.3 is 0 Å². The highest BCUT2D eigenvalue weighted by Crippen LogP contribution is 2.24. The molecule has 7 nitrogen and oxygen atoms in total. The number of nitrogen functional groups attached to an aromatic ring is 1. The highest BCUT2D eigenvalue weighted by atomic mass is 32.1. The van der Waals surface area contributed by atoms with Gasteiger partial charge in [0.15, 0.2) is 5.13 Å². The molecule has 17 heavy (non-hydrogen) atoms. The zero-order chi connectivity index (χ0) is 12.8. The van der Waals surface area contributed by atoms with Crippen LogP contribution in [0.15, 0.2) is 0 Å². The maximum atomic E-state index is 11.8. The van der Waals surface area contributed by atoms with Gasteiger partial charge in [0.2, 0.25) is 0 Å². The van der Waals surface area contributed by atoms with Crippen LogP contribution in [0.5, 0.6) is 0 Å². The van der Waals surface area contributed by atoms with Gasteiger partial charge in [-0.1, -0.05) is 11.3 Å². The summed E-state index contributed by atoms with van der Waals surface area (Å²) in [5.74, 6) is -0.191. The number of amides is 1. The summed E-state index contributed by atoms with van der Waals surface area (Å²) in [6, 6.07) is -0.452. The number of nitrogens with one attached hydrogen (secondary N) is 2. The molecule has 0 aliphatic rings. The first-order chi connectivity index (χ1) is 8.12. The van der Waals surface area contributed by atoms with Gasteiger partial charge in [-0.25, -0.2) is 4.98 Å². The molecule has 5 N–H and O–H groups in total. The first-order valence-electron chi connectivity index (χ1n) is 4.97. The van der Waals surface area contributed by atoms with E-state index in [1.165, 1.54) is 7.11 Å². The second-order valence-corrected chi connectivity index (χ2v) is 4.29. The lowest BCUT2D eigenvalue weighted by Gasteiger charge is -2.14. The molecule has 0 aliphatic carbocycles. The van der Waals surface area contributed by atoms with Crippen LogP contribution in [-0.2, 0) is 4.74 Å². The third-order valence-electron chi connectivity index (χ3n) is 2.00. The molecule has 0 bridgehead atoms. The van der Waals surface area contributed by atoms with Crippen molar-refractivity contribution in [3.8, 4) is 0 Å². The molecule has 0 spiro atoms. The Balaban J connectivity index is 2.71. The molecule has 0 aromatic carbocycles. The molecule has 8 heteroatoms. The van der Waals surface area contributed by atoms with E-state index in [1.807, 2.05) is 0 Å². The number of aromatic nitrogens is 1. The van der Waals surface area contributed by atoms with Crippen LogP contribution in [0.25, 0.3) is 0 Å². The molecular weight excluding hydrogens is 244 g/mol. The fraction of sp³-hybridized carbons (Fsp3) is 0.556. The van der Waals surface area contributed by atoms with E-state index in [0.717, 1.165) is 11.3 Å². The number of nitrogens with two attached hydrogens (primary N) is 1. The monoisotopic (exact) mass is 260 g/mol. The number of aliphatic hydroxyl groups excluding tert-OH is 1. The van der Waals surface area contributed by atoms with Crippen LogP contribution in [0.2, 0.25) is 0 Å². The first-order valence-corrected chi connectivity index (χ1v) is 5.78. The van der Waals surface area contributed by atoms with E-state index in [9.17, 15) is 4.79 Å². The maximum Gasteiger partial charge on any atom is 0.265 e. The Morgan fingerprint density at radius 1 is 1.71 bits per heavy atom. The Morgan fingerprint density at radius 2 is 2.41 bits per heavy atom. The molecule has 1 rings (SSSR count). The summed E-state index contributed by atoms with van der Waals surface area (Å²) in [5, 5.41) is 15.0. The quantitative estimate of drug-likeness (QED) is 0.549. The average molecular weight is 260 g/mol. The number of methoxy groups -OCH3 is 1. The van der Waals surface area contributed by atoms with Crippen molar-refractivity contribution < 1.29 is 14.6 Å². The number of carbonyl (C=O) groups excluding carboxylic acids is 1. The minimum atomic E-state index is -0.452. The van der Waals surface area contributed by atoms with Crippen LogP contribution in [0.3, 0.4) is 0 Å². The minimum absolute atomic E-state index is 0.172. The summed E-state index contributed by atoms with van der Waals surface area (Å²) in [7, 11) is 3.19. The van der Waals surface area contributed by atoms with Crippen LogP contribution < -0.4 is 16.4 Å².